The maximum Gasteiger partial charge on any atom is 0.188 e. The molecule has 8 aromatic carbocycles. The van der Waals surface area contributed by atoms with Crippen LogP contribution in [0.4, 0.5) is 22.7 Å². The average molecular weight is 1400 g/mol. The fraction of sp³-hybridized carbons (Fsp3) is 0.333. The zero-order valence-electron chi connectivity index (χ0n) is 52.5. The molecule has 0 saturated heterocycles. The molecule has 0 saturated carbocycles. The Bertz CT molecular complexity index is 3470. The molecule has 10 rings (SSSR count). The van der Waals surface area contributed by atoms with E-state index < -0.39 is 0 Å². The minimum atomic E-state index is -0.0398. The van der Waals surface area contributed by atoms with Crippen molar-refractivity contribution in [2.24, 2.45) is 0 Å². The average Bonchev–Trinajstić information content (AvgIpc) is 0.811. The number of ether oxygens (including phenoxy) is 7. The predicted octanol–water partition coefficient (Wildman–Crippen LogP) is 19.3. The maximum absolute atomic E-state index is 10.1. The van der Waals surface area contributed by atoms with Gasteiger partial charge in [0.2, 0.25) is 0 Å². The summed E-state index contributed by atoms with van der Waals surface area (Å²) >= 11 is 26.9. The van der Waals surface area contributed by atoms with Crippen molar-refractivity contribution < 1.29 is 38.3 Å². The standard InChI is InChI=1S/C36H40Cl2N2O4.C28H34N2O2.C8H7Cl2IO2/c1-6-39(7-2)25-14-16-29-33(18-25)44-34-19-26(40(8-3)9-4)15-17-30(34)35(29)28-13-11-10-12-24(28)22-42-27-20-31(37)36(32(38)21-27)43-23-41-5;1-5-29(6-2)21-13-15-24-26(17-21)32-27-18-22(30(7-3)8-4)14-16-25(27)28(24)23-12-10-9-11-20(23)19-31;1-12-4-13-8-6(9)2-5(11)3-7(8)10/h10-21,35H,6-9,22-23H2,1-5H3;9-18,28,31H,5-8,19H2,1-4H3;2-3H,4H2,1H3. The summed E-state index contributed by atoms with van der Waals surface area (Å²) in [6, 6.07) is 49.9. The van der Waals surface area contributed by atoms with Gasteiger partial charge in [0.1, 0.15) is 35.4 Å². The molecule has 0 spiro atoms. The maximum atomic E-state index is 10.1. The Hall–Kier alpha value is -6.27. The van der Waals surface area contributed by atoms with Crippen molar-refractivity contribution in [3.8, 4) is 40.2 Å². The zero-order chi connectivity index (χ0) is 63.7. The van der Waals surface area contributed by atoms with Crippen LogP contribution in [-0.4, -0.2) is 85.3 Å². The van der Waals surface area contributed by atoms with E-state index in [4.69, 9.17) is 79.6 Å². The lowest BCUT2D eigenvalue weighted by atomic mass is 9.80. The van der Waals surface area contributed by atoms with Gasteiger partial charge in [-0.05, 0) is 137 Å². The van der Waals surface area contributed by atoms with Crippen molar-refractivity contribution in [3.05, 3.63) is 214 Å². The van der Waals surface area contributed by atoms with Crippen LogP contribution >= 0.6 is 69.0 Å². The van der Waals surface area contributed by atoms with E-state index in [1.807, 2.05) is 18.2 Å². The van der Waals surface area contributed by atoms with Gasteiger partial charge >= 0.3 is 0 Å². The Morgan fingerprint density at radius 1 is 0.404 bits per heavy atom. The molecule has 0 unspecified atom stereocenters. The molecular weight excluding hydrogens is 1320 g/mol. The molecule has 17 heteroatoms. The van der Waals surface area contributed by atoms with E-state index in [0.717, 1.165) is 135 Å². The number of halogens is 5. The Kier molecular flexibility index (Phi) is 25.6. The molecule has 0 radical (unpaired) electrons. The third-order valence-electron chi connectivity index (χ3n) is 16.1. The number of nitrogens with zero attached hydrogens (tertiary/aromatic N) is 4. The van der Waals surface area contributed by atoms with Gasteiger partial charge < -0.3 is 57.9 Å². The summed E-state index contributed by atoms with van der Waals surface area (Å²) in [5.41, 5.74) is 13.5. The van der Waals surface area contributed by atoms with E-state index >= 15 is 0 Å². The van der Waals surface area contributed by atoms with E-state index in [2.05, 4.69) is 201 Å². The smallest absolute Gasteiger partial charge is 0.188 e. The summed E-state index contributed by atoms with van der Waals surface area (Å²) in [7, 11) is 3.08. The molecule has 12 nitrogen and oxygen atoms in total. The summed E-state index contributed by atoms with van der Waals surface area (Å²) in [5.74, 6) is 4.93. The van der Waals surface area contributed by atoms with E-state index in [9.17, 15) is 5.11 Å². The van der Waals surface area contributed by atoms with Crippen molar-refractivity contribution in [1.29, 1.82) is 0 Å². The molecular formula is C72H81Cl4IN4O8. The molecule has 0 atom stereocenters. The summed E-state index contributed by atoms with van der Waals surface area (Å²) < 4.78 is 40.9. The van der Waals surface area contributed by atoms with Gasteiger partial charge in [-0.15, -0.1) is 0 Å². The van der Waals surface area contributed by atoms with E-state index in [1.54, 1.807) is 31.4 Å². The lowest BCUT2D eigenvalue weighted by Gasteiger charge is -2.32. The zero-order valence-corrected chi connectivity index (χ0v) is 57.7. The minimum absolute atomic E-state index is 0.0211. The fourth-order valence-corrected chi connectivity index (χ4v) is 13.7. The Morgan fingerprint density at radius 2 is 0.719 bits per heavy atom. The third kappa shape index (κ3) is 16.3. The number of aliphatic hydroxyl groups is 1. The highest BCUT2D eigenvalue weighted by molar-refractivity contribution is 14.1. The van der Waals surface area contributed by atoms with E-state index in [-0.39, 0.29) is 32.0 Å². The molecule has 2 aliphatic rings. The largest absolute Gasteiger partial charge is 0.489 e. The molecule has 0 fully saturated rings. The highest BCUT2D eigenvalue weighted by atomic mass is 127. The van der Waals surface area contributed by atoms with Gasteiger partial charge in [0, 0.05) is 163 Å². The monoisotopic (exact) mass is 1400 g/mol. The van der Waals surface area contributed by atoms with Crippen LogP contribution in [0.2, 0.25) is 20.1 Å². The molecule has 2 aliphatic heterocycles. The molecule has 472 valence electrons. The molecule has 89 heavy (non-hydrogen) atoms. The lowest BCUT2D eigenvalue weighted by molar-refractivity contribution is 0.0511. The minimum Gasteiger partial charge on any atom is -0.489 e. The van der Waals surface area contributed by atoms with E-state index in [0.29, 0.717) is 43.9 Å². The number of rotatable bonds is 24. The second-order valence-electron chi connectivity index (χ2n) is 21.0. The number of methoxy groups -OCH3 is 2. The van der Waals surface area contributed by atoms with Crippen molar-refractivity contribution in [3.63, 3.8) is 0 Å². The topological polar surface area (TPSA) is 97.8 Å². The fourth-order valence-electron chi connectivity index (χ4n) is 11.5. The summed E-state index contributed by atoms with van der Waals surface area (Å²) in [5, 5.41) is 11.8. The summed E-state index contributed by atoms with van der Waals surface area (Å²) in [4.78, 5) is 9.35. The first-order valence-corrected chi connectivity index (χ1v) is 33.0. The predicted molar refractivity (Wildman–Crippen MR) is 376 cm³/mol. The first kappa shape index (κ1) is 68.6. The van der Waals surface area contributed by atoms with Crippen LogP contribution in [0.3, 0.4) is 0 Å². The number of fused-ring (bicyclic) bond motifs is 4. The van der Waals surface area contributed by atoms with Gasteiger partial charge in [0.25, 0.3) is 0 Å². The van der Waals surface area contributed by atoms with Gasteiger partial charge in [-0.2, -0.15) is 0 Å². The van der Waals surface area contributed by atoms with Crippen molar-refractivity contribution in [2.45, 2.75) is 80.4 Å². The number of hydrogen-bond acceptors (Lipinski definition) is 12. The van der Waals surface area contributed by atoms with Gasteiger partial charge in [-0.25, -0.2) is 0 Å². The quantitative estimate of drug-likeness (QED) is 0.0461. The van der Waals surface area contributed by atoms with Gasteiger partial charge in [-0.3, -0.25) is 0 Å². The van der Waals surface area contributed by atoms with Crippen molar-refractivity contribution in [1.82, 2.24) is 0 Å². The van der Waals surface area contributed by atoms with Gasteiger partial charge in [-0.1, -0.05) is 119 Å². The SMILES string of the molecule is CCN(CC)c1ccc2c(c1)Oc1cc(N(CC)CC)ccc1C2c1ccccc1CO.CCN(CC)c1ccc2c(c1)Oc1cc(N(CC)CC)ccc1C2c1ccccc1COc1cc(Cl)c(OCOC)c(Cl)c1.COCOc1c(Cl)cc(I)cc1Cl. The lowest BCUT2D eigenvalue weighted by Crippen LogP contribution is -2.23. The second-order valence-corrected chi connectivity index (χ2v) is 23.9. The highest BCUT2D eigenvalue weighted by Crippen LogP contribution is 2.52. The van der Waals surface area contributed by atoms with Crippen LogP contribution in [0.5, 0.6) is 40.2 Å². The van der Waals surface area contributed by atoms with Crippen LogP contribution < -0.4 is 43.3 Å². The Morgan fingerprint density at radius 3 is 1.04 bits per heavy atom. The van der Waals surface area contributed by atoms with Crippen LogP contribution in [0.25, 0.3) is 0 Å². The van der Waals surface area contributed by atoms with Crippen LogP contribution in [0, 0.1) is 3.57 Å². The number of hydrogen-bond donors (Lipinski definition) is 1. The molecule has 0 aromatic heterocycles. The molecule has 1 N–H and O–H groups in total. The van der Waals surface area contributed by atoms with Crippen LogP contribution in [0.1, 0.15) is 112 Å². The van der Waals surface area contributed by atoms with Crippen LogP contribution in [0.15, 0.2) is 146 Å². The Balaban J connectivity index is 0.000000198. The normalized spacial score (nSPS) is 12.1. The van der Waals surface area contributed by atoms with Crippen molar-refractivity contribution in [2.75, 3.05) is 99.8 Å². The number of aliphatic hydroxyl groups excluding tert-OH is 1. The highest BCUT2D eigenvalue weighted by Gasteiger charge is 2.33. The number of anilines is 4. The summed E-state index contributed by atoms with van der Waals surface area (Å²) in [6.45, 7) is 25.5. The summed E-state index contributed by atoms with van der Waals surface area (Å²) in [6.07, 6.45) is 0. The first-order valence-electron chi connectivity index (χ1n) is 30.4. The Labute approximate surface area is 560 Å². The van der Waals surface area contributed by atoms with Crippen molar-refractivity contribution >= 4 is 91.7 Å². The van der Waals surface area contributed by atoms with Gasteiger partial charge in [0.15, 0.2) is 25.1 Å². The second kappa shape index (κ2) is 33.2. The van der Waals surface area contributed by atoms with Crippen LogP contribution in [-0.2, 0) is 22.7 Å². The molecule has 0 aliphatic carbocycles. The first-order chi connectivity index (χ1) is 43.2. The van der Waals surface area contributed by atoms with Gasteiger partial charge in [0.05, 0.1) is 26.7 Å². The molecule has 0 bridgehead atoms. The third-order valence-corrected chi connectivity index (χ3v) is 17.8. The number of benzene rings is 8. The molecule has 2 heterocycles. The van der Waals surface area contributed by atoms with E-state index in [1.165, 1.54) is 18.5 Å². The molecule has 8 aromatic rings. The molecule has 0 amide bonds.